The van der Waals surface area contributed by atoms with Crippen LogP contribution in [0.4, 0.5) is 0 Å². The zero-order chi connectivity index (χ0) is 9.52. The van der Waals surface area contributed by atoms with Crippen LogP contribution in [0.3, 0.4) is 0 Å². The lowest BCUT2D eigenvalue weighted by Gasteiger charge is -2.24. The molecule has 2 nitrogen and oxygen atoms in total. The van der Waals surface area contributed by atoms with Crippen LogP contribution in [0.5, 0.6) is 0 Å². The molecule has 0 amide bonds. The van der Waals surface area contributed by atoms with Crippen LogP contribution in [0.15, 0.2) is 12.3 Å². The van der Waals surface area contributed by atoms with E-state index in [0.29, 0.717) is 0 Å². The highest BCUT2D eigenvalue weighted by atomic mass is 16.1. The van der Waals surface area contributed by atoms with E-state index in [4.69, 9.17) is 0 Å². The highest BCUT2D eigenvalue weighted by Gasteiger charge is 2.03. The summed E-state index contributed by atoms with van der Waals surface area (Å²) < 4.78 is 0. The summed E-state index contributed by atoms with van der Waals surface area (Å²) in [4.78, 5) is 12.7. The van der Waals surface area contributed by atoms with Crippen molar-refractivity contribution in [2.45, 2.75) is 26.2 Å². The number of ketones is 1. The second kappa shape index (κ2) is 5.42. The van der Waals surface area contributed by atoms with E-state index < -0.39 is 0 Å². The van der Waals surface area contributed by atoms with Crippen LogP contribution in [-0.4, -0.2) is 23.8 Å². The summed E-state index contributed by atoms with van der Waals surface area (Å²) >= 11 is 0. The topological polar surface area (TPSA) is 20.3 Å². The molecular formula is C11H15NO. The van der Waals surface area contributed by atoms with Crippen molar-refractivity contribution >= 4 is 5.78 Å². The van der Waals surface area contributed by atoms with Gasteiger partial charge in [0, 0.05) is 32.3 Å². The van der Waals surface area contributed by atoms with Gasteiger partial charge < -0.3 is 4.90 Å². The molecule has 1 aliphatic heterocycles. The Bertz CT molecular complexity index is 251. The summed E-state index contributed by atoms with van der Waals surface area (Å²) in [6, 6.07) is 0. The third-order valence-electron chi connectivity index (χ3n) is 2.01. The van der Waals surface area contributed by atoms with E-state index in [-0.39, 0.29) is 5.78 Å². The Kier molecular flexibility index (Phi) is 4.11. The van der Waals surface area contributed by atoms with E-state index in [0.717, 1.165) is 13.1 Å². The largest absolute Gasteiger partial charge is 0.377 e. The van der Waals surface area contributed by atoms with Crippen LogP contribution < -0.4 is 0 Å². The maximum absolute atomic E-state index is 10.5. The predicted octanol–water partition coefficient (Wildman–Crippen LogP) is 1.58. The van der Waals surface area contributed by atoms with Gasteiger partial charge in [-0.2, -0.15) is 0 Å². The number of carbonyl (C=O) groups excluding carboxylic acids is 1. The van der Waals surface area contributed by atoms with Gasteiger partial charge in [0.15, 0.2) is 0 Å². The summed E-state index contributed by atoms with van der Waals surface area (Å²) in [5, 5.41) is 0. The molecule has 0 radical (unpaired) electrons. The van der Waals surface area contributed by atoms with Gasteiger partial charge in [-0.3, -0.25) is 4.79 Å². The number of Topliss-reactive ketones (excluding diaryl/α,β-unsaturated/α-hetero) is 1. The van der Waals surface area contributed by atoms with Gasteiger partial charge in [0.25, 0.3) is 0 Å². The number of carbonyl (C=O) groups is 1. The molecule has 1 heterocycles. The standard InChI is InChI=1S/C11H15NO/c1-11(13)7-3-6-10-12-8-4-2-5-9-12/h6,10H,2,4-5,8-9H2,1H3/b10-6+. The van der Waals surface area contributed by atoms with E-state index in [1.54, 1.807) is 6.08 Å². The SMILES string of the molecule is CC(=O)C#C/C=C/N1CCCCC1. The lowest BCUT2D eigenvalue weighted by molar-refractivity contribution is -0.111. The van der Waals surface area contributed by atoms with E-state index >= 15 is 0 Å². The molecule has 0 spiro atoms. The van der Waals surface area contributed by atoms with E-state index in [2.05, 4.69) is 16.7 Å². The van der Waals surface area contributed by atoms with Gasteiger partial charge in [0.2, 0.25) is 5.78 Å². The molecule has 0 aromatic heterocycles. The van der Waals surface area contributed by atoms with E-state index in [1.807, 2.05) is 6.20 Å². The van der Waals surface area contributed by atoms with E-state index in [1.165, 1.54) is 26.2 Å². The fraction of sp³-hybridized carbons (Fsp3) is 0.545. The zero-order valence-electron chi connectivity index (χ0n) is 8.05. The molecule has 1 saturated heterocycles. The number of hydrogen-bond donors (Lipinski definition) is 0. The molecule has 0 saturated carbocycles. The second-order valence-corrected chi connectivity index (χ2v) is 3.24. The molecule has 1 rings (SSSR count). The summed E-state index contributed by atoms with van der Waals surface area (Å²) in [6.45, 7) is 3.72. The zero-order valence-corrected chi connectivity index (χ0v) is 8.05. The number of piperidine rings is 1. The number of hydrogen-bond acceptors (Lipinski definition) is 2. The minimum absolute atomic E-state index is 0.0803. The smallest absolute Gasteiger partial charge is 0.202 e. The summed E-state index contributed by atoms with van der Waals surface area (Å²) in [5.41, 5.74) is 0. The lowest BCUT2D eigenvalue weighted by atomic mass is 10.1. The first-order chi connectivity index (χ1) is 6.29. The van der Waals surface area contributed by atoms with E-state index in [9.17, 15) is 4.79 Å². The first-order valence-corrected chi connectivity index (χ1v) is 4.72. The van der Waals surface area contributed by atoms with Crippen molar-refractivity contribution in [2.75, 3.05) is 13.1 Å². The first kappa shape index (κ1) is 9.85. The third-order valence-corrected chi connectivity index (χ3v) is 2.01. The quantitative estimate of drug-likeness (QED) is 0.447. The van der Waals surface area contributed by atoms with Gasteiger partial charge in [-0.1, -0.05) is 5.92 Å². The van der Waals surface area contributed by atoms with Crippen LogP contribution in [0.1, 0.15) is 26.2 Å². The van der Waals surface area contributed by atoms with Gasteiger partial charge in [0.05, 0.1) is 0 Å². The Morgan fingerprint density at radius 3 is 2.62 bits per heavy atom. The molecular weight excluding hydrogens is 162 g/mol. The summed E-state index contributed by atoms with van der Waals surface area (Å²) in [7, 11) is 0. The number of nitrogens with zero attached hydrogens (tertiary/aromatic N) is 1. The monoisotopic (exact) mass is 177 g/mol. The third kappa shape index (κ3) is 4.37. The van der Waals surface area contributed by atoms with Gasteiger partial charge in [-0.05, 0) is 25.2 Å². The molecule has 1 fully saturated rings. The van der Waals surface area contributed by atoms with Crippen LogP contribution in [0.2, 0.25) is 0 Å². The maximum Gasteiger partial charge on any atom is 0.202 e. The fourth-order valence-corrected chi connectivity index (χ4v) is 1.35. The lowest BCUT2D eigenvalue weighted by Crippen LogP contribution is -2.23. The van der Waals surface area contributed by atoms with Gasteiger partial charge in [-0.25, -0.2) is 0 Å². The molecule has 0 N–H and O–H groups in total. The molecule has 0 aromatic carbocycles. The summed E-state index contributed by atoms with van der Waals surface area (Å²) in [5.74, 6) is 5.11. The van der Waals surface area contributed by atoms with Gasteiger partial charge in [0.1, 0.15) is 0 Å². The summed E-state index contributed by atoms with van der Waals surface area (Å²) in [6.07, 6.45) is 7.61. The predicted molar refractivity (Wildman–Crippen MR) is 53.0 cm³/mol. The number of allylic oxidation sites excluding steroid dienone is 1. The molecule has 2 heteroatoms. The Hall–Kier alpha value is -1.23. The van der Waals surface area contributed by atoms with Gasteiger partial charge >= 0.3 is 0 Å². The van der Waals surface area contributed by atoms with Crippen molar-refractivity contribution in [3.63, 3.8) is 0 Å². The highest BCUT2D eigenvalue weighted by Crippen LogP contribution is 2.08. The minimum atomic E-state index is -0.0803. The number of likely N-dealkylation sites (tertiary alicyclic amines) is 1. The maximum atomic E-state index is 10.5. The molecule has 70 valence electrons. The van der Waals surface area contributed by atoms with Crippen molar-refractivity contribution in [2.24, 2.45) is 0 Å². The molecule has 0 atom stereocenters. The normalized spacial score (nSPS) is 16.8. The second-order valence-electron chi connectivity index (χ2n) is 3.24. The van der Waals surface area contributed by atoms with Crippen molar-refractivity contribution in [1.82, 2.24) is 4.90 Å². The fourth-order valence-electron chi connectivity index (χ4n) is 1.35. The molecule has 1 aliphatic rings. The average Bonchev–Trinajstić information content (AvgIpc) is 2.14. The van der Waals surface area contributed by atoms with Crippen molar-refractivity contribution in [3.8, 4) is 11.8 Å². The van der Waals surface area contributed by atoms with Crippen LogP contribution in [-0.2, 0) is 4.79 Å². The highest BCUT2D eigenvalue weighted by molar-refractivity contribution is 5.93. The molecule has 0 aromatic rings. The van der Waals surface area contributed by atoms with Gasteiger partial charge in [-0.15, -0.1) is 0 Å². The Morgan fingerprint density at radius 2 is 2.00 bits per heavy atom. The van der Waals surface area contributed by atoms with Crippen molar-refractivity contribution < 1.29 is 4.79 Å². The van der Waals surface area contributed by atoms with Crippen LogP contribution in [0.25, 0.3) is 0 Å². The van der Waals surface area contributed by atoms with Crippen molar-refractivity contribution in [1.29, 1.82) is 0 Å². The average molecular weight is 177 g/mol. The number of rotatable bonds is 1. The Morgan fingerprint density at radius 1 is 1.31 bits per heavy atom. The first-order valence-electron chi connectivity index (χ1n) is 4.72. The minimum Gasteiger partial charge on any atom is -0.377 e. The molecule has 0 unspecified atom stereocenters. The van der Waals surface area contributed by atoms with Crippen LogP contribution in [0, 0.1) is 11.8 Å². The Balaban J connectivity index is 2.31. The molecule has 0 bridgehead atoms. The molecule has 13 heavy (non-hydrogen) atoms. The van der Waals surface area contributed by atoms with Crippen LogP contribution >= 0.6 is 0 Å². The van der Waals surface area contributed by atoms with Crippen molar-refractivity contribution in [3.05, 3.63) is 12.3 Å². The Labute approximate surface area is 79.6 Å². The molecule has 0 aliphatic carbocycles.